The third kappa shape index (κ3) is 1.87. The summed E-state index contributed by atoms with van der Waals surface area (Å²) >= 11 is 0. The molecule has 0 bridgehead atoms. The number of carbonyl (C=O) groups excluding carboxylic acids is 2. The number of fused-ring (bicyclic) bond motifs is 1. The smallest absolute Gasteiger partial charge is 0.339 e. The van der Waals surface area contributed by atoms with Crippen molar-refractivity contribution in [1.29, 1.82) is 0 Å². The molecule has 0 unspecified atom stereocenters. The van der Waals surface area contributed by atoms with Gasteiger partial charge in [0, 0.05) is 5.56 Å². The minimum absolute atomic E-state index is 0.0398. The van der Waals surface area contributed by atoms with E-state index in [2.05, 4.69) is 0 Å². The predicted molar refractivity (Wildman–Crippen MR) is 64.5 cm³/mol. The second-order valence-corrected chi connectivity index (χ2v) is 4.29. The van der Waals surface area contributed by atoms with E-state index in [9.17, 15) is 14.7 Å². The summed E-state index contributed by atoms with van der Waals surface area (Å²) < 4.78 is 5.30. The number of hydrogen-bond acceptors (Lipinski definition) is 4. The van der Waals surface area contributed by atoms with E-state index in [1.54, 1.807) is 0 Å². The van der Waals surface area contributed by atoms with Gasteiger partial charge in [-0.2, -0.15) is 0 Å². The van der Waals surface area contributed by atoms with E-state index in [0.717, 1.165) is 5.56 Å². The number of carbonyl (C=O) groups is 2. The third-order valence-corrected chi connectivity index (χ3v) is 3.12. The summed E-state index contributed by atoms with van der Waals surface area (Å²) in [6.07, 6.45) is -0.553. The Bertz CT molecular complexity index is 661. The van der Waals surface area contributed by atoms with Crippen LogP contribution in [0.1, 0.15) is 37.9 Å². The normalized spacial score (nSPS) is 16.8. The number of carboxylic acid groups (broad SMARTS) is 1. The molecule has 0 radical (unpaired) electrons. The first-order valence-electron chi connectivity index (χ1n) is 5.78. The van der Waals surface area contributed by atoms with Crippen molar-refractivity contribution in [1.82, 2.24) is 0 Å². The van der Waals surface area contributed by atoms with Gasteiger partial charge in [0.1, 0.15) is 0 Å². The predicted octanol–water partition coefficient (Wildman–Crippen LogP) is 1.31. The van der Waals surface area contributed by atoms with Crippen LogP contribution in [-0.4, -0.2) is 11.9 Å². The van der Waals surface area contributed by atoms with E-state index in [1.807, 2.05) is 30.3 Å². The van der Waals surface area contributed by atoms with Gasteiger partial charge in [-0.05, 0) is 23.3 Å². The van der Waals surface area contributed by atoms with Gasteiger partial charge in [-0.3, -0.25) is 0 Å². The zero-order chi connectivity index (χ0) is 13.4. The molecule has 1 aliphatic rings. The van der Waals surface area contributed by atoms with Crippen LogP contribution in [0.2, 0.25) is 0 Å². The summed E-state index contributed by atoms with van der Waals surface area (Å²) in [6, 6.07) is 13.4. The van der Waals surface area contributed by atoms with Crippen molar-refractivity contribution < 1.29 is 19.4 Å². The lowest BCUT2D eigenvalue weighted by atomic mass is 9.97. The molecule has 2 aromatic carbocycles. The quantitative estimate of drug-likeness (QED) is 0.757. The number of aromatic carboxylic acids is 1. The molecule has 4 nitrogen and oxygen atoms in total. The fourth-order valence-electron chi connectivity index (χ4n) is 2.20. The van der Waals surface area contributed by atoms with Gasteiger partial charge in [0.15, 0.2) is 6.10 Å². The minimum atomic E-state index is -1.27. The number of hydrogen-bond donors (Lipinski definition) is 0. The van der Waals surface area contributed by atoms with Crippen LogP contribution in [0, 0.1) is 0 Å². The SMILES string of the molecule is O=C([O-])c1ccc2c(c1)[C@@H](c1ccccc1)OC2=O. The third-order valence-electron chi connectivity index (χ3n) is 3.12. The van der Waals surface area contributed by atoms with Crippen molar-refractivity contribution in [2.75, 3.05) is 0 Å². The maximum Gasteiger partial charge on any atom is 0.339 e. The molecule has 0 amide bonds. The zero-order valence-electron chi connectivity index (χ0n) is 9.83. The highest BCUT2D eigenvalue weighted by Gasteiger charge is 2.32. The monoisotopic (exact) mass is 253 g/mol. The van der Waals surface area contributed by atoms with Crippen molar-refractivity contribution in [3.8, 4) is 0 Å². The van der Waals surface area contributed by atoms with Gasteiger partial charge >= 0.3 is 5.97 Å². The first-order valence-corrected chi connectivity index (χ1v) is 5.78. The molecule has 0 spiro atoms. The molecule has 3 rings (SSSR count). The van der Waals surface area contributed by atoms with Gasteiger partial charge in [0.2, 0.25) is 0 Å². The van der Waals surface area contributed by atoms with E-state index in [0.29, 0.717) is 11.1 Å². The first kappa shape index (κ1) is 11.5. The van der Waals surface area contributed by atoms with Crippen LogP contribution in [0.4, 0.5) is 0 Å². The Morgan fingerprint density at radius 2 is 1.84 bits per heavy atom. The summed E-state index contributed by atoms with van der Waals surface area (Å²) in [4.78, 5) is 22.6. The topological polar surface area (TPSA) is 66.4 Å². The average molecular weight is 253 g/mol. The lowest BCUT2D eigenvalue weighted by molar-refractivity contribution is -0.255. The van der Waals surface area contributed by atoms with Crippen LogP contribution >= 0.6 is 0 Å². The van der Waals surface area contributed by atoms with Crippen molar-refractivity contribution >= 4 is 11.9 Å². The highest BCUT2D eigenvalue weighted by molar-refractivity contribution is 5.96. The molecule has 1 aliphatic heterocycles. The molecule has 0 N–H and O–H groups in total. The molecule has 0 saturated heterocycles. The molecule has 0 aliphatic carbocycles. The van der Waals surface area contributed by atoms with Gasteiger partial charge in [0.05, 0.1) is 11.5 Å². The van der Waals surface area contributed by atoms with Crippen LogP contribution in [0.3, 0.4) is 0 Å². The largest absolute Gasteiger partial charge is 0.545 e. The summed E-state index contributed by atoms with van der Waals surface area (Å²) in [5, 5.41) is 10.9. The van der Waals surface area contributed by atoms with Crippen molar-refractivity contribution in [3.05, 3.63) is 70.8 Å². The fraction of sp³-hybridized carbons (Fsp3) is 0.0667. The highest BCUT2D eigenvalue weighted by atomic mass is 16.5. The maximum atomic E-state index is 11.7. The Morgan fingerprint density at radius 1 is 1.11 bits per heavy atom. The minimum Gasteiger partial charge on any atom is -0.545 e. The second kappa shape index (κ2) is 4.24. The van der Waals surface area contributed by atoms with Crippen LogP contribution in [0.5, 0.6) is 0 Å². The highest BCUT2D eigenvalue weighted by Crippen LogP contribution is 2.36. The number of rotatable bonds is 2. The molecule has 2 aromatic rings. The molecule has 1 atom stereocenters. The Kier molecular flexibility index (Phi) is 2.56. The van der Waals surface area contributed by atoms with E-state index in [4.69, 9.17) is 4.74 Å². The fourth-order valence-corrected chi connectivity index (χ4v) is 2.20. The lowest BCUT2D eigenvalue weighted by Gasteiger charge is -2.12. The standard InChI is InChI=1S/C15H10O4/c16-14(17)10-6-7-11-12(8-10)13(19-15(11)18)9-4-2-1-3-5-9/h1-8,13H,(H,16,17)/p-1/t13-/m1/s1. The maximum absolute atomic E-state index is 11.7. The summed E-state index contributed by atoms with van der Waals surface area (Å²) in [6.45, 7) is 0. The Morgan fingerprint density at radius 3 is 2.53 bits per heavy atom. The summed E-state index contributed by atoms with van der Waals surface area (Å²) in [5.41, 5.74) is 1.82. The second-order valence-electron chi connectivity index (χ2n) is 4.29. The molecule has 0 fully saturated rings. The van der Waals surface area contributed by atoms with E-state index < -0.39 is 18.0 Å². The molecule has 4 heteroatoms. The molecule has 0 saturated carbocycles. The van der Waals surface area contributed by atoms with E-state index in [-0.39, 0.29) is 5.56 Å². The van der Waals surface area contributed by atoms with Crippen LogP contribution in [0.25, 0.3) is 0 Å². The van der Waals surface area contributed by atoms with Crippen molar-refractivity contribution in [3.63, 3.8) is 0 Å². The molecule has 1 heterocycles. The molecule has 0 aromatic heterocycles. The van der Waals surface area contributed by atoms with Gasteiger partial charge in [-0.25, -0.2) is 4.79 Å². The lowest BCUT2D eigenvalue weighted by Crippen LogP contribution is -2.22. The van der Waals surface area contributed by atoms with Crippen molar-refractivity contribution in [2.24, 2.45) is 0 Å². The van der Waals surface area contributed by atoms with Crippen LogP contribution in [0.15, 0.2) is 48.5 Å². The Labute approximate surface area is 109 Å². The number of benzene rings is 2. The van der Waals surface area contributed by atoms with E-state index >= 15 is 0 Å². The Hall–Kier alpha value is -2.62. The summed E-state index contributed by atoms with van der Waals surface area (Å²) in [7, 11) is 0. The van der Waals surface area contributed by atoms with Crippen LogP contribution in [-0.2, 0) is 4.74 Å². The van der Waals surface area contributed by atoms with Gasteiger partial charge < -0.3 is 14.6 Å². The molecule has 19 heavy (non-hydrogen) atoms. The van der Waals surface area contributed by atoms with Crippen LogP contribution < -0.4 is 5.11 Å². The number of ether oxygens (including phenoxy) is 1. The van der Waals surface area contributed by atoms with Gasteiger partial charge in [-0.15, -0.1) is 0 Å². The zero-order valence-corrected chi connectivity index (χ0v) is 9.83. The molecule has 94 valence electrons. The number of cyclic esters (lactones) is 1. The first-order chi connectivity index (χ1) is 9.16. The van der Waals surface area contributed by atoms with Gasteiger partial charge in [0.25, 0.3) is 0 Å². The molecular weight excluding hydrogens is 244 g/mol. The summed E-state index contributed by atoms with van der Waals surface area (Å²) in [5.74, 6) is -1.71. The number of esters is 1. The van der Waals surface area contributed by atoms with E-state index in [1.165, 1.54) is 18.2 Å². The molecular formula is C15H9O4-. The average Bonchev–Trinajstić information content (AvgIpc) is 2.77. The Balaban J connectivity index is 2.12. The van der Waals surface area contributed by atoms with Crippen molar-refractivity contribution in [2.45, 2.75) is 6.10 Å². The van der Waals surface area contributed by atoms with Gasteiger partial charge in [-0.1, -0.05) is 36.4 Å². The number of carboxylic acids is 1.